The van der Waals surface area contributed by atoms with Crippen LogP contribution >= 0.6 is 0 Å². The van der Waals surface area contributed by atoms with E-state index in [1.54, 1.807) is 0 Å². The molecule has 0 aliphatic rings. The SMILES string of the molecule is CNC(=O)NC(=O)C(C)Oc1ccc([C@H](C)O)c(F)c1. The molecule has 6 nitrogen and oxygen atoms in total. The van der Waals surface area contributed by atoms with Crippen LogP contribution in [-0.4, -0.2) is 30.2 Å². The molecule has 0 radical (unpaired) electrons. The van der Waals surface area contributed by atoms with Crippen molar-refractivity contribution < 1.29 is 23.8 Å². The summed E-state index contributed by atoms with van der Waals surface area (Å²) in [5.41, 5.74) is 0.139. The minimum absolute atomic E-state index is 0.131. The minimum atomic E-state index is -0.968. The van der Waals surface area contributed by atoms with Crippen molar-refractivity contribution in [3.8, 4) is 5.75 Å². The lowest BCUT2D eigenvalue weighted by Crippen LogP contribution is -2.43. The second-order valence-corrected chi connectivity index (χ2v) is 4.19. The number of hydrogen-bond donors (Lipinski definition) is 3. The van der Waals surface area contributed by atoms with E-state index < -0.39 is 30.0 Å². The molecule has 3 amide bonds. The van der Waals surface area contributed by atoms with Crippen LogP contribution in [0.3, 0.4) is 0 Å². The molecular formula is C13H17FN2O4. The number of aliphatic hydroxyl groups is 1. The zero-order valence-corrected chi connectivity index (χ0v) is 11.4. The van der Waals surface area contributed by atoms with Gasteiger partial charge in [0.05, 0.1) is 6.10 Å². The van der Waals surface area contributed by atoms with E-state index in [9.17, 15) is 19.1 Å². The van der Waals surface area contributed by atoms with Crippen LogP contribution in [0.5, 0.6) is 5.75 Å². The first kappa shape index (κ1) is 15.9. The van der Waals surface area contributed by atoms with Gasteiger partial charge in [-0.15, -0.1) is 0 Å². The van der Waals surface area contributed by atoms with E-state index in [1.807, 2.05) is 5.32 Å². The Morgan fingerprint density at radius 2 is 2.00 bits per heavy atom. The van der Waals surface area contributed by atoms with E-state index in [2.05, 4.69) is 5.32 Å². The lowest BCUT2D eigenvalue weighted by molar-refractivity contribution is -0.126. The lowest BCUT2D eigenvalue weighted by atomic mass is 10.1. The number of benzene rings is 1. The number of ether oxygens (including phenoxy) is 1. The maximum Gasteiger partial charge on any atom is 0.321 e. The Labute approximate surface area is 115 Å². The molecule has 110 valence electrons. The molecule has 1 rings (SSSR count). The molecule has 2 atom stereocenters. The molecule has 0 saturated heterocycles. The lowest BCUT2D eigenvalue weighted by Gasteiger charge is -2.15. The summed E-state index contributed by atoms with van der Waals surface area (Å²) >= 11 is 0. The summed E-state index contributed by atoms with van der Waals surface area (Å²) in [5.74, 6) is -1.15. The van der Waals surface area contributed by atoms with E-state index in [0.29, 0.717) is 0 Å². The molecule has 0 saturated carbocycles. The molecule has 20 heavy (non-hydrogen) atoms. The Bertz CT molecular complexity index is 505. The first-order chi connectivity index (χ1) is 9.35. The van der Waals surface area contributed by atoms with E-state index in [4.69, 9.17) is 4.74 Å². The van der Waals surface area contributed by atoms with Gasteiger partial charge in [0.1, 0.15) is 11.6 Å². The molecule has 0 spiro atoms. The summed E-state index contributed by atoms with van der Waals surface area (Å²) in [4.78, 5) is 22.5. The molecule has 1 aromatic carbocycles. The number of aliphatic hydroxyl groups excluding tert-OH is 1. The zero-order valence-electron chi connectivity index (χ0n) is 11.4. The third-order valence-corrected chi connectivity index (χ3v) is 2.57. The third kappa shape index (κ3) is 4.20. The van der Waals surface area contributed by atoms with Gasteiger partial charge >= 0.3 is 6.03 Å². The van der Waals surface area contributed by atoms with Crippen LogP contribution < -0.4 is 15.4 Å². The monoisotopic (exact) mass is 284 g/mol. The zero-order chi connectivity index (χ0) is 15.3. The van der Waals surface area contributed by atoms with E-state index >= 15 is 0 Å². The fourth-order valence-electron chi connectivity index (χ4n) is 1.45. The van der Waals surface area contributed by atoms with Gasteiger partial charge in [0.2, 0.25) is 0 Å². The Balaban J connectivity index is 2.71. The molecule has 1 unspecified atom stereocenters. The first-order valence-corrected chi connectivity index (χ1v) is 6.02. The summed E-state index contributed by atoms with van der Waals surface area (Å²) in [5, 5.41) is 13.6. The number of amides is 3. The van der Waals surface area contributed by atoms with Gasteiger partial charge in [0.15, 0.2) is 6.10 Å². The number of nitrogens with one attached hydrogen (secondary N) is 2. The summed E-state index contributed by atoms with van der Waals surface area (Å²) in [6.45, 7) is 2.87. The van der Waals surface area contributed by atoms with Crippen LogP contribution in [0.1, 0.15) is 25.5 Å². The van der Waals surface area contributed by atoms with E-state index in [1.165, 1.54) is 33.0 Å². The fraction of sp³-hybridized carbons (Fsp3) is 0.385. The predicted molar refractivity (Wildman–Crippen MR) is 69.7 cm³/mol. The van der Waals surface area contributed by atoms with Crippen molar-refractivity contribution in [2.75, 3.05) is 7.05 Å². The Morgan fingerprint density at radius 3 is 2.50 bits per heavy atom. The summed E-state index contributed by atoms with van der Waals surface area (Å²) < 4.78 is 18.8. The molecule has 0 fully saturated rings. The molecule has 0 bridgehead atoms. The standard InChI is InChI=1S/C13H17FN2O4/c1-7(17)10-5-4-9(6-11(10)14)20-8(2)12(18)16-13(19)15-3/h4-8,17H,1-3H3,(H2,15,16,18,19)/t7-,8?/m0/s1. The number of carbonyl (C=O) groups excluding carboxylic acids is 2. The van der Waals surface area contributed by atoms with Crippen molar-refractivity contribution in [2.24, 2.45) is 0 Å². The van der Waals surface area contributed by atoms with Gasteiger partial charge < -0.3 is 15.2 Å². The van der Waals surface area contributed by atoms with Crippen LogP contribution in [0.2, 0.25) is 0 Å². The largest absolute Gasteiger partial charge is 0.481 e. The normalized spacial score (nSPS) is 13.2. The van der Waals surface area contributed by atoms with Gasteiger partial charge in [0.25, 0.3) is 5.91 Å². The van der Waals surface area contributed by atoms with Crippen molar-refractivity contribution in [2.45, 2.75) is 26.1 Å². The summed E-state index contributed by atoms with van der Waals surface area (Å²) in [6, 6.07) is 3.24. The van der Waals surface area contributed by atoms with Crippen LogP contribution in [-0.2, 0) is 4.79 Å². The highest BCUT2D eigenvalue weighted by molar-refractivity contribution is 5.96. The first-order valence-electron chi connectivity index (χ1n) is 6.02. The van der Waals surface area contributed by atoms with Gasteiger partial charge in [-0.1, -0.05) is 0 Å². The van der Waals surface area contributed by atoms with Crippen molar-refractivity contribution in [1.82, 2.24) is 10.6 Å². The second-order valence-electron chi connectivity index (χ2n) is 4.19. The number of rotatable bonds is 4. The predicted octanol–water partition coefficient (Wildman–Crippen LogP) is 1.10. The van der Waals surface area contributed by atoms with Gasteiger partial charge in [-0.2, -0.15) is 0 Å². The van der Waals surface area contributed by atoms with Crippen LogP contribution in [0.4, 0.5) is 9.18 Å². The van der Waals surface area contributed by atoms with Crippen molar-refractivity contribution in [3.63, 3.8) is 0 Å². The maximum atomic E-state index is 13.6. The molecular weight excluding hydrogens is 267 g/mol. The number of urea groups is 1. The summed E-state index contributed by atoms with van der Waals surface area (Å²) in [6.07, 6.45) is -1.90. The fourth-order valence-corrected chi connectivity index (χ4v) is 1.45. The van der Waals surface area contributed by atoms with E-state index in [-0.39, 0.29) is 11.3 Å². The molecule has 0 aromatic heterocycles. The molecule has 3 N–H and O–H groups in total. The Morgan fingerprint density at radius 1 is 1.35 bits per heavy atom. The van der Waals surface area contributed by atoms with Gasteiger partial charge in [-0.05, 0) is 26.0 Å². The smallest absolute Gasteiger partial charge is 0.321 e. The van der Waals surface area contributed by atoms with Gasteiger partial charge in [-0.25, -0.2) is 9.18 Å². The van der Waals surface area contributed by atoms with Crippen molar-refractivity contribution in [3.05, 3.63) is 29.6 Å². The van der Waals surface area contributed by atoms with Gasteiger partial charge in [-0.3, -0.25) is 10.1 Å². The van der Waals surface area contributed by atoms with Crippen LogP contribution in [0.25, 0.3) is 0 Å². The molecule has 1 aromatic rings. The van der Waals surface area contributed by atoms with E-state index in [0.717, 1.165) is 6.07 Å². The average Bonchev–Trinajstić information content (AvgIpc) is 2.37. The highest BCUT2D eigenvalue weighted by Gasteiger charge is 2.18. The van der Waals surface area contributed by atoms with Gasteiger partial charge in [0, 0.05) is 18.7 Å². The highest BCUT2D eigenvalue weighted by Crippen LogP contribution is 2.22. The minimum Gasteiger partial charge on any atom is -0.481 e. The number of hydrogen-bond acceptors (Lipinski definition) is 4. The molecule has 0 aliphatic carbocycles. The average molecular weight is 284 g/mol. The molecule has 7 heteroatoms. The Kier molecular flexibility index (Phi) is 5.45. The number of imide groups is 1. The highest BCUT2D eigenvalue weighted by atomic mass is 19.1. The topological polar surface area (TPSA) is 87.7 Å². The van der Waals surface area contributed by atoms with Crippen LogP contribution in [0.15, 0.2) is 18.2 Å². The number of halogens is 1. The molecule has 0 heterocycles. The maximum absolute atomic E-state index is 13.6. The third-order valence-electron chi connectivity index (χ3n) is 2.57. The number of carbonyl (C=O) groups is 2. The summed E-state index contributed by atoms with van der Waals surface area (Å²) in [7, 11) is 1.37. The molecule has 0 aliphatic heterocycles. The second kappa shape index (κ2) is 6.85. The van der Waals surface area contributed by atoms with Crippen molar-refractivity contribution >= 4 is 11.9 Å². The quantitative estimate of drug-likeness (QED) is 0.772. The van der Waals surface area contributed by atoms with Crippen LogP contribution in [0, 0.1) is 5.82 Å². The van der Waals surface area contributed by atoms with Crippen molar-refractivity contribution in [1.29, 1.82) is 0 Å². The Hall–Kier alpha value is -2.15.